The van der Waals surface area contributed by atoms with Gasteiger partial charge in [0, 0.05) is 12.2 Å². The fourth-order valence-electron chi connectivity index (χ4n) is 1.87. The van der Waals surface area contributed by atoms with Gasteiger partial charge in [0.1, 0.15) is 16.9 Å². The molecule has 1 aromatic rings. The lowest BCUT2D eigenvalue weighted by atomic mass is 10.2. The van der Waals surface area contributed by atoms with Crippen LogP contribution in [-0.2, 0) is 14.3 Å². The van der Waals surface area contributed by atoms with Crippen LogP contribution in [0.3, 0.4) is 0 Å². The molecule has 0 N–H and O–H groups in total. The summed E-state index contributed by atoms with van der Waals surface area (Å²) in [5, 5.41) is 9.25. The third-order valence-electron chi connectivity index (χ3n) is 2.82. The van der Waals surface area contributed by atoms with E-state index in [9.17, 15) is 14.0 Å². The first-order valence-corrected chi connectivity index (χ1v) is 7.01. The Balaban J connectivity index is 2.61. The smallest absolute Gasteiger partial charge is 0.351 e. The Morgan fingerprint density at radius 3 is 2.81 bits per heavy atom. The molecule has 1 aromatic carbocycles. The Bertz CT molecular complexity index is 666. The van der Waals surface area contributed by atoms with Crippen molar-refractivity contribution in [2.45, 2.75) is 6.42 Å². The number of ether oxygens (including phenoxy) is 1. The lowest BCUT2D eigenvalue weighted by Crippen LogP contribution is -2.35. The molecule has 1 saturated heterocycles. The summed E-state index contributed by atoms with van der Waals surface area (Å²) in [7, 11) is 1.14. The predicted octanol–water partition coefficient (Wildman–Crippen LogP) is 2.20. The van der Waals surface area contributed by atoms with Crippen molar-refractivity contribution in [1.82, 2.24) is 0 Å². The van der Waals surface area contributed by atoms with E-state index in [1.807, 2.05) is 0 Å². The second-order valence-corrected chi connectivity index (χ2v) is 5.15. The van der Waals surface area contributed by atoms with Crippen molar-refractivity contribution in [2.75, 3.05) is 17.8 Å². The number of benzene rings is 1. The van der Waals surface area contributed by atoms with Crippen molar-refractivity contribution in [2.24, 2.45) is 0 Å². The normalized spacial score (nSPS) is 17.2. The lowest BCUT2D eigenvalue weighted by molar-refractivity contribution is -0.135. The van der Waals surface area contributed by atoms with Gasteiger partial charge >= 0.3 is 5.97 Å². The number of amides is 1. The number of anilines is 1. The fraction of sp³-hybridized carbons (Fsp3) is 0.214. The number of nitriles is 1. The van der Waals surface area contributed by atoms with Crippen LogP contribution in [0.15, 0.2) is 34.9 Å². The average molecular weight is 306 g/mol. The quantitative estimate of drug-likeness (QED) is 0.476. The number of hydrogen-bond acceptors (Lipinski definition) is 5. The van der Waals surface area contributed by atoms with Crippen LogP contribution >= 0.6 is 11.8 Å². The van der Waals surface area contributed by atoms with Gasteiger partial charge in [0.25, 0.3) is 0 Å². The number of para-hydroxylation sites is 1. The van der Waals surface area contributed by atoms with Crippen LogP contribution in [0.5, 0.6) is 0 Å². The maximum atomic E-state index is 13.9. The highest BCUT2D eigenvalue weighted by Gasteiger charge is 2.32. The predicted molar refractivity (Wildman–Crippen MR) is 75.6 cm³/mol. The van der Waals surface area contributed by atoms with Crippen molar-refractivity contribution in [3.8, 4) is 6.07 Å². The Morgan fingerprint density at radius 1 is 1.48 bits per heavy atom. The van der Waals surface area contributed by atoms with Gasteiger partial charge in [-0.25, -0.2) is 9.18 Å². The molecule has 1 fully saturated rings. The molecular formula is C14H11FN2O3S. The Labute approximate surface area is 125 Å². The van der Waals surface area contributed by atoms with Crippen molar-refractivity contribution in [1.29, 1.82) is 5.26 Å². The van der Waals surface area contributed by atoms with E-state index in [-0.39, 0.29) is 28.6 Å². The molecule has 108 valence electrons. The molecule has 0 atom stereocenters. The highest BCUT2D eigenvalue weighted by atomic mass is 32.2. The molecule has 0 spiro atoms. The van der Waals surface area contributed by atoms with E-state index in [0.717, 1.165) is 23.8 Å². The summed E-state index contributed by atoms with van der Waals surface area (Å²) in [6.45, 7) is 0. The molecule has 0 radical (unpaired) electrons. The highest BCUT2D eigenvalue weighted by molar-refractivity contribution is 8.03. The van der Waals surface area contributed by atoms with Crippen molar-refractivity contribution >= 4 is 29.3 Å². The van der Waals surface area contributed by atoms with Crippen LogP contribution < -0.4 is 4.90 Å². The Morgan fingerprint density at radius 2 is 2.19 bits per heavy atom. The number of nitrogens with zero attached hydrogens (tertiary/aromatic N) is 2. The molecule has 0 aromatic heterocycles. The molecule has 1 amide bonds. The minimum Gasteiger partial charge on any atom is -0.465 e. The summed E-state index contributed by atoms with van der Waals surface area (Å²) in [5.41, 5.74) is -0.292. The third kappa shape index (κ3) is 2.90. The largest absolute Gasteiger partial charge is 0.465 e. The topological polar surface area (TPSA) is 70.4 Å². The summed E-state index contributed by atoms with van der Waals surface area (Å²) in [6.07, 6.45) is 0.197. The van der Waals surface area contributed by atoms with Crippen LogP contribution in [0, 0.1) is 17.1 Å². The van der Waals surface area contributed by atoms with Crippen LogP contribution in [0.25, 0.3) is 0 Å². The fourth-order valence-corrected chi connectivity index (χ4v) is 2.94. The number of carbonyl (C=O) groups excluding carboxylic acids is 2. The standard InChI is InChI=1S/C14H11FN2O3S/c1-20-14(19)9(8-16)13-17(12(18)6-7-21-13)11-5-3-2-4-10(11)15/h2-5H,6-7H2,1H3. The first-order chi connectivity index (χ1) is 10.1. The molecule has 7 heteroatoms. The zero-order valence-electron chi connectivity index (χ0n) is 11.1. The monoisotopic (exact) mass is 306 g/mol. The number of methoxy groups -OCH3 is 1. The van der Waals surface area contributed by atoms with E-state index in [4.69, 9.17) is 5.26 Å². The van der Waals surface area contributed by atoms with E-state index in [1.54, 1.807) is 12.1 Å². The zero-order chi connectivity index (χ0) is 15.4. The molecule has 0 aliphatic carbocycles. The van der Waals surface area contributed by atoms with E-state index >= 15 is 0 Å². The van der Waals surface area contributed by atoms with Crippen LogP contribution in [0.4, 0.5) is 10.1 Å². The van der Waals surface area contributed by atoms with Crippen LogP contribution in [0.1, 0.15) is 6.42 Å². The second-order valence-electron chi connectivity index (χ2n) is 4.06. The van der Waals surface area contributed by atoms with Gasteiger partial charge in [-0.05, 0) is 12.1 Å². The molecule has 1 aliphatic heterocycles. The summed E-state index contributed by atoms with van der Waals surface area (Å²) >= 11 is 1.15. The highest BCUT2D eigenvalue weighted by Crippen LogP contribution is 2.36. The maximum Gasteiger partial charge on any atom is 0.351 e. The van der Waals surface area contributed by atoms with E-state index in [2.05, 4.69) is 4.74 Å². The van der Waals surface area contributed by atoms with E-state index < -0.39 is 11.8 Å². The molecule has 2 rings (SSSR count). The molecular weight excluding hydrogens is 295 g/mol. The van der Waals surface area contributed by atoms with E-state index in [0.29, 0.717) is 5.75 Å². The maximum absolute atomic E-state index is 13.9. The van der Waals surface area contributed by atoms with Gasteiger partial charge in [0.15, 0.2) is 5.57 Å². The first-order valence-electron chi connectivity index (χ1n) is 6.03. The molecule has 0 saturated carbocycles. The van der Waals surface area contributed by atoms with Gasteiger partial charge in [0.2, 0.25) is 5.91 Å². The number of halogens is 1. The van der Waals surface area contributed by atoms with Crippen molar-refractivity contribution in [3.63, 3.8) is 0 Å². The Hall–Kier alpha value is -2.33. The first kappa shape index (κ1) is 15.1. The second kappa shape index (κ2) is 6.41. The lowest BCUT2D eigenvalue weighted by Gasteiger charge is -2.29. The van der Waals surface area contributed by atoms with Gasteiger partial charge in [0.05, 0.1) is 12.8 Å². The van der Waals surface area contributed by atoms with Crippen molar-refractivity contribution in [3.05, 3.63) is 40.7 Å². The van der Waals surface area contributed by atoms with E-state index in [1.165, 1.54) is 18.2 Å². The molecule has 0 bridgehead atoms. The van der Waals surface area contributed by atoms with Gasteiger partial charge in [-0.1, -0.05) is 12.1 Å². The molecule has 1 aliphatic rings. The number of esters is 1. The average Bonchev–Trinajstić information content (AvgIpc) is 2.49. The summed E-state index contributed by atoms with van der Waals surface area (Å²) in [6, 6.07) is 7.44. The molecule has 1 heterocycles. The molecule has 0 unspecified atom stereocenters. The molecule has 21 heavy (non-hydrogen) atoms. The minimum absolute atomic E-state index is 0.0151. The number of thioether (sulfide) groups is 1. The SMILES string of the molecule is COC(=O)C(C#N)=C1SCCC(=O)N1c1ccccc1F. The zero-order valence-corrected chi connectivity index (χ0v) is 11.9. The van der Waals surface area contributed by atoms with Crippen molar-refractivity contribution < 1.29 is 18.7 Å². The van der Waals surface area contributed by atoms with Gasteiger partial charge in [-0.2, -0.15) is 5.26 Å². The summed E-state index contributed by atoms with van der Waals surface area (Å²) < 4.78 is 18.5. The summed E-state index contributed by atoms with van der Waals surface area (Å²) in [5.74, 6) is -1.41. The number of carbonyl (C=O) groups is 2. The number of hydrogen-bond donors (Lipinski definition) is 0. The van der Waals surface area contributed by atoms with Gasteiger partial charge in [-0.3, -0.25) is 9.69 Å². The van der Waals surface area contributed by atoms with Crippen LogP contribution in [0.2, 0.25) is 0 Å². The number of rotatable bonds is 2. The molecule has 5 nitrogen and oxygen atoms in total. The van der Waals surface area contributed by atoms with Crippen LogP contribution in [-0.4, -0.2) is 24.7 Å². The third-order valence-corrected chi connectivity index (χ3v) is 3.88. The summed E-state index contributed by atoms with van der Waals surface area (Å²) in [4.78, 5) is 24.9. The van der Waals surface area contributed by atoms with Gasteiger partial charge < -0.3 is 4.74 Å². The minimum atomic E-state index is -0.851. The Kier molecular flexibility index (Phi) is 4.60. The van der Waals surface area contributed by atoms with Gasteiger partial charge in [-0.15, -0.1) is 11.8 Å².